The summed E-state index contributed by atoms with van der Waals surface area (Å²) in [5, 5.41) is 7.69. The van der Waals surface area contributed by atoms with Gasteiger partial charge in [0.05, 0.1) is 0 Å². The standard InChI is InChI=1S/C19H26FN5O/c1-4-11-24(14-9-10-21-12-14)19(26)17-22-18(13(2)3)25(23-17)16-8-6-5-7-15(16)20/h5-8,13-14,21H,4,9-12H2,1-3H3. The van der Waals surface area contributed by atoms with E-state index in [0.717, 1.165) is 25.9 Å². The number of hydrogen-bond donors (Lipinski definition) is 1. The Morgan fingerprint density at radius 1 is 1.42 bits per heavy atom. The van der Waals surface area contributed by atoms with Crippen LogP contribution < -0.4 is 5.32 Å². The zero-order chi connectivity index (χ0) is 18.7. The Bertz CT molecular complexity index is 767. The summed E-state index contributed by atoms with van der Waals surface area (Å²) in [6.45, 7) is 8.33. The first-order chi connectivity index (χ1) is 12.5. The number of carbonyl (C=O) groups excluding carboxylic acids is 1. The maximum absolute atomic E-state index is 14.3. The molecule has 6 nitrogen and oxygen atoms in total. The van der Waals surface area contributed by atoms with Crippen LogP contribution in [-0.2, 0) is 0 Å². The van der Waals surface area contributed by atoms with Crippen molar-refractivity contribution in [3.63, 3.8) is 0 Å². The van der Waals surface area contributed by atoms with E-state index in [-0.39, 0.29) is 29.5 Å². The van der Waals surface area contributed by atoms with E-state index in [1.165, 1.54) is 10.7 Å². The number of benzene rings is 1. The summed E-state index contributed by atoms with van der Waals surface area (Å²) in [6.07, 6.45) is 1.80. The normalized spacial score (nSPS) is 17.0. The van der Waals surface area contributed by atoms with Crippen LogP contribution in [0, 0.1) is 5.82 Å². The molecule has 3 rings (SSSR count). The number of aromatic nitrogens is 3. The number of nitrogens with one attached hydrogen (secondary N) is 1. The first-order valence-corrected chi connectivity index (χ1v) is 9.26. The van der Waals surface area contributed by atoms with Crippen LogP contribution in [0.15, 0.2) is 24.3 Å². The highest BCUT2D eigenvalue weighted by Gasteiger charge is 2.30. The van der Waals surface area contributed by atoms with Crippen molar-refractivity contribution >= 4 is 5.91 Å². The minimum Gasteiger partial charge on any atom is -0.332 e. The lowest BCUT2D eigenvalue weighted by Gasteiger charge is -2.26. The molecule has 2 heterocycles. The van der Waals surface area contributed by atoms with Gasteiger partial charge in [-0.25, -0.2) is 14.1 Å². The summed E-state index contributed by atoms with van der Waals surface area (Å²) in [5.74, 6) is 0.162. The third kappa shape index (κ3) is 3.62. The Labute approximate surface area is 153 Å². The van der Waals surface area contributed by atoms with Gasteiger partial charge >= 0.3 is 0 Å². The molecule has 1 saturated heterocycles. The molecule has 7 heteroatoms. The van der Waals surface area contributed by atoms with Crippen molar-refractivity contribution in [2.24, 2.45) is 0 Å². The van der Waals surface area contributed by atoms with E-state index >= 15 is 0 Å². The fourth-order valence-corrected chi connectivity index (χ4v) is 3.31. The maximum Gasteiger partial charge on any atom is 0.293 e. The molecule has 1 aliphatic rings. The van der Waals surface area contributed by atoms with Gasteiger partial charge in [-0.05, 0) is 31.5 Å². The van der Waals surface area contributed by atoms with Gasteiger partial charge in [-0.15, -0.1) is 5.10 Å². The van der Waals surface area contributed by atoms with Crippen molar-refractivity contribution in [1.82, 2.24) is 25.0 Å². The highest BCUT2D eigenvalue weighted by Crippen LogP contribution is 2.21. The molecule has 1 unspecified atom stereocenters. The Balaban J connectivity index is 1.98. The molecule has 1 aromatic carbocycles. The monoisotopic (exact) mass is 359 g/mol. The Morgan fingerprint density at radius 2 is 2.19 bits per heavy atom. The third-order valence-corrected chi connectivity index (χ3v) is 4.62. The molecule has 0 saturated carbocycles. The van der Waals surface area contributed by atoms with Gasteiger partial charge in [0.25, 0.3) is 5.91 Å². The molecule has 1 amide bonds. The summed E-state index contributed by atoms with van der Waals surface area (Å²) in [4.78, 5) is 19.4. The zero-order valence-electron chi connectivity index (χ0n) is 15.6. The van der Waals surface area contributed by atoms with Gasteiger partial charge in [-0.1, -0.05) is 32.9 Å². The van der Waals surface area contributed by atoms with Gasteiger partial charge in [0, 0.05) is 25.0 Å². The van der Waals surface area contributed by atoms with Crippen molar-refractivity contribution in [3.05, 3.63) is 41.7 Å². The average Bonchev–Trinajstić information content (AvgIpc) is 3.29. The predicted octanol–water partition coefficient (Wildman–Crippen LogP) is 2.74. The average molecular weight is 359 g/mol. The van der Waals surface area contributed by atoms with Crippen molar-refractivity contribution in [1.29, 1.82) is 0 Å². The number of amides is 1. The maximum atomic E-state index is 14.3. The lowest BCUT2D eigenvalue weighted by molar-refractivity contribution is 0.0679. The summed E-state index contributed by atoms with van der Waals surface area (Å²) in [7, 11) is 0. The van der Waals surface area contributed by atoms with Crippen molar-refractivity contribution in [2.45, 2.75) is 45.6 Å². The molecule has 1 aliphatic heterocycles. The second-order valence-corrected chi connectivity index (χ2v) is 6.96. The van der Waals surface area contributed by atoms with E-state index in [1.54, 1.807) is 18.2 Å². The molecule has 1 aromatic heterocycles. The highest BCUT2D eigenvalue weighted by molar-refractivity contribution is 5.90. The van der Waals surface area contributed by atoms with Crippen LogP contribution >= 0.6 is 0 Å². The van der Waals surface area contributed by atoms with Crippen LogP contribution in [0.2, 0.25) is 0 Å². The Hall–Kier alpha value is -2.28. The van der Waals surface area contributed by atoms with E-state index in [1.807, 2.05) is 25.7 Å². The predicted molar refractivity (Wildman–Crippen MR) is 98.0 cm³/mol. The zero-order valence-corrected chi connectivity index (χ0v) is 15.6. The SMILES string of the molecule is CCCN(C(=O)c1nc(C(C)C)n(-c2ccccc2F)n1)C1CCNC1. The smallest absolute Gasteiger partial charge is 0.293 e. The molecule has 0 spiro atoms. The molecule has 140 valence electrons. The fourth-order valence-electron chi connectivity index (χ4n) is 3.31. The van der Waals surface area contributed by atoms with Crippen LogP contribution in [0.1, 0.15) is 56.0 Å². The van der Waals surface area contributed by atoms with Crippen LogP contribution in [0.4, 0.5) is 4.39 Å². The van der Waals surface area contributed by atoms with E-state index in [0.29, 0.717) is 18.1 Å². The quantitative estimate of drug-likeness (QED) is 0.861. The van der Waals surface area contributed by atoms with Crippen LogP contribution in [0.3, 0.4) is 0 Å². The summed E-state index contributed by atoms with van der Waals surface area (Å²) >= 11 is 0. The largest absolute Gasteiger partial charge is 0.332 e. The van der Waals surface area contributed by atoms with Gasteiger partial charge in [0.15, 0.2) is 0 Å². The van der Waals surface area contributed by atoms with Crippen LogP contribution in [0.25, 0.3) is 5.69 Å². The van der Waals surface area contributed by atoms with Crippen molar-refractivity contribution in [3.8, 4) is 5.69 Å². The first-order valence-electron chi connectivity index (χ1n) is 9.26. The van der Waals surface area contributed by atoms with E-state index in [2.05, 4.69) is 15.4 Å². The molecule has 0 aliphatic carbocycles. The fraction of sp³-hybridized carbons (Fsp3) is 0.526. The molecule has 0 radical (unpaired) electrons. The number of para-hydroxylation sites is 1. The van der Waals surface area contributed by atoms with Gasteiger partial charge in [0.1, 0.15) is 17.3 Å². The Kier molecular flexibility index (Phi) is 5.66. The van der Waals surface area contributed by atoms with E-state index in [9.17, 15) is 9.18 Å². The molecule has 2 aromatic rings. The molecule has 1 fully saturated rings. The Morgan fingerprint density at radius 3 is 2.81 bits per heavy atom. The summed E-state index contributed by atoms with van der Waals surface area (Å²) < 4.78 is 15.7. The number of carbonyl (C=O) groups is 1. The van der Waals surface area contributed by atoms with Gasteiger partial charge in [-0.2, -0.15) is 0 Å². The third-order valence-electron chi connectivity index (χ3n) is 4.62. The first kappa shape index (κ1) is 18.5. The molecular weight excluding hydrogens is 333 g/mol. The number of rotatable bonds is 6. The molecule has 26 heavy (non-hydrogen) atoms. The van der Waals surface area contributed by atoms with Crippen molar-refractivity contribution < 1.29 is 9.18 Å². The minimum atomic E-state index is -0.385. The lowest BCUT2D eigenvalue weighted by Crippen LogP contribution is -2.42. The van der Waals surface area contributed by atoms with Gasteiger partial charge in [-0.3, -0.25) is 4.79 Å². The lowest BCUT2D eigenvalue weighted by atomic mass is 10.2. The minimum absolute atomic E-state index is 0.0106. The summed E-state index contributed by atoms with van der Waals surface area (Å²) in [6, 6.07) is 6.57. The van der Waals surface area contributed by atoms with Crippen LogP contribution in [0.5, 0.6) is 0 Å². The molecule has 1 N–H and O–H groups in total. The topological polar surface area (TPSA) is 63.1 Å². The van der Waals surface area contributed by atoms with Gasteiger partial charge in [0.2, 0.25) is 5.82 Å². The van der Waals surface area contributed by atoms with Crippen molar-refractivity contribution in [2.75, 3.05) is 19.6 Å². The summed E-state index contributed by atoms with van der Waals surface area (Å²) in [5.41, 5.74) is 0.312. The molecule has 0 bridgehead atoms. The van der Waals surface area contributed by atoms with Crippen LogP contribution in [-0.4, -0.2) is 51.2 Å². The molecule has 1 atom stereocenters. The van der Waals surface area contributed by atoms with E-state index in [4.69, 9.17) is 0 Å². The number of nitrogens with zero attached hydrogens (tertiary/aromatic N) is 4. The molecular formula is C19H26FN5O. The van der Waals surface area contributed by atoms with E-state index < -0.39 is 0 Å². The number of halogens is 1. The second-order valence-electron chi connectivity index (χ2n) is 6.96. The highest BCUT2D eigenvalue weighted by atomic mass is 19.1. The van der Waals surface area contributed by atoms with Gasteiger partial charge < -0.3 is 10.2 Å². The number of hydrogen-bond acceptors (Lipinski definition) is 4. The second kappa shape index (κ2) is 7.95.